The summed E-state index contributed by atoms with van der Waals surface area (Å²) >= 11 is 0. The predicted octanol–water partition coefficient (Wildman–Crippen LogP) is 13.0. The van der Waals surface area contributed by atoms with Crippen molar-refractivity contribution in [2.45, 2.75) is 62.7 Å². The lowest BCUT2D eigenvalue weighted by molar-refractivity contribution is 0.570. The average Bonchev–Trinajstić information content (AvgIpc) is 3.56. The summed E-state index contributed by atoms with van der Waals surface area (Å²) < 4.78 is 2.60. The van der Waals surface area contributed by atoms with E-state index < -0.39 is 0 Å². The normalized spacial score (nSPS) is 26.2. The van der Waals surface area contributed by atoms with Crippen molar-refractivity contribution >= 4 is 22.6 Å². The van der Waals surface area contributed by atoms with Crippen molar-refractivity contribution in [1.82, 2.24) is 4.57 Å². The lowest BCUT2D eigenvalue weighted by Gasteiger charge is -2.39. The smallest absolute Gasteiger partial charge is 0.0537 e. The van der Waals surface area contributed by atoms with Gasteiger partial charge < -0.3 is 4.57 Å². The van der Waals surface area contributed by atoms with Gasteiger partial charge in [0.05, 0.1) is 11.2 Å². The first-order chi connectivity index (χ1) is 25.3. The SMILES string of the molecule is C1=CCC(c2cc(C3C=CC=CC3)cc(-n3c4c(c5ccccc53)C3C5=C(C=CCC5)C(C5C=C(c6ccccc6)CCC5)=CC3C=C4)c2)C=C1. The maximum absolute atomic E-state index is 2.67. The van der Waals surface area contributed by atoms with Gasteiger partial charge in [-0.05, 0) is 108 Å². The highest BCUT2D eigenvalue weighted by molar-refractivity contribution is 5.92. The van der Waals surface area contributed by atoms with Crippen LogP contribution >= 0.6 is 0 Å². The van der Waals surface area contributed by atoms with E-state index >= 15 is 0 Å². The van der Waals surface area contributed by atoms with Crippen LogP contribution in [0.4, 0.5) is 0 Å². The molecule has 10 rings (SSSR count). The van der Waals surface area contributed by atoms with Crippen LogP contribution in [0, 0.1) is 11.8 Å². The fourth-order valence-electron chi connectivity index (χ4n) is 9.96. The van der Waals surface area contributed by atoms with Gasteiger partial charge in [0.25, 0.3) is 0 Å². The van der Waals surface area contributed by atoms with Crippen LogP contribution in [-0.4, -0.2) is 4.57 Å². The summed E-state index contributed by atoms with van der Waals surface area (Å²) in [5.41, 5.74) is 16.0. The summed E-state index contributed by atoms with van der Waals surface area (Å²) in [6, 6.07) is 27.7. The maximum Gasteiger partial charge on any atom is 0.0537 e. The van der Waals surface area contributed by atoms with E-state index in [0.717, 1.165) is 25.7 Å². The number of hydrogen-bond donors (Lipinski definition) is 0. The fourth-order valence-corrected chi connectivity index (χ4v) is 9.96. The van der Waals surface area contributed by atoms with Crippen LogP contribution in [-0.2, 0) is 0 Å². The zero-order chi connectivity index (χ0) is 33.7. The molecule has 1 nitrogen and oxygen atoms in total. The quantitative estimate of drug-likeness (QED) is 0.201. The van der Waals surface area contributed by atoms with Crippen LogP contribution in [0.15, 0.2) is 169 Å². The highest BCUT2D eigenvalue weighted by Gasteiger charge is 2.39. The molecule has 0 saturated heterocycles. The molecular weight excluding hydrogens is 615 g/mol. The average molecular weight is 660 g/mol. The highest BCUT2D eigenvalue weighted by atomic mass is 15.0. The van der Waals surface area contributed by atoms with Gasteiger partial charge in [0, 0.05) is 40.7 Å². The Morgan fingerprint density at radius 2 is 1.41 bits per heavy atom. The molecule has 0 amide bonds. The van der Waals surface area contributed by atoms with Crippen molar-refractivity contribution in [3.63, 3.8) is 0 Å². The third-order valence-electron chi connectivity index (χ3n) is 12.3. The Kier molecular flexibility index (Phi) is 7.74. The van der Waals surface area contributed by atoms with E-state index in [-0.39, 0.29) is 0 Å². The number of aromatic nitrogens is 1. The van der Waals surface area contributed by atoms with Gasteiger partial charge in [0.15, 0.2) is 0 Å². The Hall–Kier alpha value is -5.14. The lowest BCUT2D eigenvalue weighted by Crippen LogP contribution is -2.25. The Labute approximate surface area is 302 Å². The van der Waals surface area contributed by atoms with E-state index in [9.17, 15) is 0 Å². The minimum absolute atomic E-state index is 0.362. The third-order valence-corrected chi connectivity index (χ3v) is 12.3. The molecule has 6 aliphatic carbocycles. The molecule has 6 aliphatic rings. The first kappa shape index (κ1) is 30.7. The minimum Gasteiger partial charge on any atom is -0.310 e. The Morgan fingerprint density at radius 3 is 2.18 bits per heavy atom. The molecule has 0 fully saturated rings. The molecule has 250 valence electrons. The zero-order valence-corrected chi connectivity index (χ0v) is 29.3. The predicted molar refractivity (Wildman–Crippen MR) is 215 cm³/mol. The molecule has 0 N–H and O–H groups in total. The van der Waals surface area contributed by atoms with Gasteiger partial charge in [-0.25, -0.2) is 0 Å². The van der Waals surface area contributed by atoms with Crippen molar-refractivity contribution in [3.05, 3.63) is 196 Å². The molecule has 5 unspecified atom stereocenters. The van der Waals surface area contributed by atoms with E-state index in [2.05, 4.69) is 162 Å². The molecule has 0 saturated carbocycles. The fraction of sp³-hybridized carbons (Fsp3) is 0.240. The lowest BCUT2D eigenvalue weighted by atomic mass is 9.65. The van der Waals surface area contributed by atoms with Gasteiger partial charge in [0.2, 0.25) is 0 Å². The zero-order valence-electron chi connectivity index (χ0n) is 29.3. The largest absolute Gasteiger partial charge is 0.310 e. The number of rotatable bonds is 5. The molecule has 0 radical (unpaired) electrons. The number of benzene rings is 3. The number of para-hydroxylation sites is 1. The van der Waals surface area contributed by atoms with Crippen molar-refractivity contribution in [2.24, 2.45) is 11.8 Å². The van der Waals surface area contributed by atoms with Crippen molar-refractivity contribution in [2.75, 3.05) is 0 Å². The molecule has 3 aromatic carbocycles. The summed E-state index contributed by atoms with van der Waals surface area (Å²) in [6.45, 7) is 0. The van der Waals surface area contributed by atoms with Gasteiger partial charge in [-0.3, -0.25) is 0 Å². The third kappa shape index (κ3) is 5.37. The van der Waals surface area contributed by atoms with E-state index in [0.29, 0.717) is 29.6 Å². The van der Waals surface area contributed by atoms with Crippen LogP contribution in [0.1, 0.15) is 90.6 Å². The number of nitrogens with zero attached hydrogens (tertiary/aromatic N) is 1. The molecule has 0 bridgehead atoms. The summed E-state index contributed by atoms with van der Waals surface area (Å²) in [5.74, 6) is 1.99. The van der Waals surface area contributed by atoms with Gasteiger partial charge in [-0.2, -0.15) is 0 Å². The molecule has 0 aliphatic heterocycles. The van der Waals surface area contributed by atoms with Crippen LogP contribution < -0.4 is 0 Å². The number of allylic oxidation sites excluding steroid dienone is 17. The number of hydrogen-bond acceptors (Lipinski definition) is 0. The second-order valence-corrected chi connectivity index (χ2v) is 15.3. The molecule has 5 atom stereocenters. The van der Waals surface area contributed by atoms with Crippen molar-refractivity contribution in [3.8, 4) is 5.69 Å². The summed E-state index contributed by atoms with van der Waals surface area (Å²) in [6.07, 6.45) is 41.5. The van der Waals surface area contributed by atoms with E-state index in [1.807, 2.05) is 0 Å². The second kappa shape index (κ2) is 12.9. The van der Waals surface area contributed by atoms with Crippen LogP contribution in [0.3, 0.4) is 0 Å². The minimum atomic E-state index is 0.362. The Bertz CT molecular complexity index is 2260. The highest BCUT2D eigenvalue weighted by Crippen LogP contribution is 2.54. The first-order valence-corrected chi connectivity index (χ1v) is 19.3. The first-order valence-electron chi connectivity index (χ1n) is 19.3. The monoisotopic (exact) mass is 659 g/mol. The Morgan fingerprint density at radius 1 is 0.647 bits per heavy atom. The van der Waals surface area contributed by atoms with Gasteiger partial charge in [-0.15, -0.1) is 0 Å². The second-order valence-electron chi connectivity index (χ2n) is 15.3. The molecular formula is C50H45N. The van der Waals surface area contributed by atoms with Crippen LogP contribution in [0.5, 0.6) is 0 Å². The van der Waals surface area contributed by atoms with E-state index in [4.69, 9.17) is 0 Å². The molecule has 1 heteroatoms. The molecule has 51 heavy (non-hydrogen) atoms. The van der Waals surface area contributed by atoms with Crippen molar-refractivity contribution in [1.29, 1.82) is 0 Å². The van der Waals surface area contributed by atoms with Gasteiger partial charge in [0.1, 0.15) is 0 Å². The van der Waals surface area contributed by atoms with E-state index in [1.165, 1.54) is 74.9 Å². The standard InChI is InChI=1S/C50H45N/c1-4-15-34(16-5-1)37-21-14-22-38(29-37)46-33-39-27-28-48-50(49(39)44-24-11-10-23-43(44)46)45-25-12-13-26-47(45)51(48)42-31-40(35-17-6-2-7-18-35)30-41(32-42)36-19-8-3-9-20-36/h1-10,12-13,15-17,19,23,25-33,35-36,38-39,49H,11,14,18,20-22,24H2. The topological polar surface area (TPSA) is 4.93 Å². The van der Waals surface area contributed by atoms with Crippen LogP contribution in [0.2, 0.25) is 0 Å². The van der Waals surface area contributed by atoms with Crippen LogP contribution in [0.25, 0.3) is 28.2 Å². The van der Waals surface area contributed by atoms with Gasteiger partial charge >= 0.3 is 0 Å². The molecule has 1 aromatic heterocycles. The summed E-state index contributed by atoms with van der Waals surface area (Å²) in [5, 5.41) is 1.40. The molecule has 0 spiro atoms. The van der Waals surface area contributed by atoms with Crippen molar-refractivity contribution < 1.29 is 0 Å². The van der Waals surface area contributed by atoms with E-state index in [1.54, 1.807) is 11.1 Å². The number of fused-ring (bicyclic) bond motifs is 6. The Balaban J connectivity index is 1.12. The molecule has 4 aromatic rings. The molecule has 1 heterocycles. The maximum atomic E-state index is 2.67. The summed E-state index contributed by atoms with van der Waals surface area (Å²) in [7, 11) is 0. The summed E-state index contributed by atoms with van der Waals surface area (Å²) in [4.78, 5) is 0. The van der Waals surface area contributed by atoms with Gasteiger partial charge in [-0.1, -0.05) is 139 Å².